The number of benzene rings is 2. The summed E-state index contributed by atoms with van der Waals surface area (Å²) in [6.45, 7) is 0.808. The molecule has 1 N–H and O–H groups in total. The minimum atomic E-state index is 0.0710. The molecule has 2 nitrogen and oxygen atoms in total. The molecular formula is C26H35NO. The molecule has 1 fully saturated rings. The van der Waals surface area contributed by atoms with Gasteiger partial charge >= 0.3 is 0 Å². The molecular weight excluding hydrogens is 342 g/mol. The summed E-state index contributed by atoms with van der Waals surface area (Å²) < 4.78 is 0. The first-order valence-corrected chi connectivity index (χ1v) is 11.2. The lowest BCUT2D eigenvalue weighted by atomic mass is 9.89. The number of nitrogens with one attached hydrogen (secondary N) is 1. The van der Waals surface area contributed by atoms with E-state index in [1.54, 1.807) is 0 Å². The van der Waals surface area contributed by atoms with Crippen LogP contribution in [0, 0.1) is 5.92 Å². The molecule has 0 radical (unpaired) electrons. The van der Waals surface area contributed by atoms with E-state index in [2.05, 4.69) is 47.8 Å². The van der Waals surface area contributed by atoms with E-state index in [1.165, 1.54) is 56.1 Å². The Hall–Kier alpha value is -2.09. The Kier molecular flexibility index (Phi) is 8.61. The molecule has 1 amide bonds. The fourth-order valence-corrected chi connectivity index (χ4v) is 4.29. The predicted molar refractivity (Wildman–Crippen MR) is 118 cm³/mol. The molecule has 0 atom stereocenters. The van der Waals surface area contributed by atoms with Gasteiger partial charge in [0.1, 0.15) is 0 Å². The summed E-state index contributed by atoms with van der Waals surface area (Å²) in [6, 6.07) is 18.8. The zero-order valence-corrected chi connectivity index (χ0v) is 17.2. The van der Waals surface area contributed by atoms with E-state index in [9.17, 15) is 4.79 Å². The Labute approximate surface area is 170 Å². The van der Waals surface area contributed by atoms with E-state index in [0.29, 0.717) is 0 Å². The lowest BCUT2D eigenvalue weighted by Gasteiger charge is -2.19. The van der Waals surface area contributed by atoms with Crippen LogP contribution in [-0.4, -0.2) is 12.5 Å². The Morgan fingerprint density at radius 1 is 0.786 bits per heavy atom. The minimum Gasteiger partial charge on any atom is -0.352 e. The van der Waals surface area contributed by atoms with Crippen molar-refractivity contribution >= 4 is 5.91 Å². The quantitative estimate of drug-likeness (QED) is 0.571. The maximum Gasteiger partial charge on any atom is 0.251 e. The Morgan fingerprint density at radius 3 is 2.07 bits per heavy atom. The molecule has 1 aliphatic carbocycles. The number of hydrogen-bond acceptors (Lipinski definition) is 1. The smallest absolute Gasteiger partial charge is 0.251 e. The van der Waals surface area contributed by atoms with E-state index >= 15 is 0 Å². The molecule has 1 aliphatic rings. The van der Waals surface area contributed by atoms with Crippen molar-refractivity contribution in [1.29, 1.82) is 0 Å². The fraction of sp³-hybridized carbons (Fsp3) is 0.500. The van der Waals surface area contributed by atoms with Crippen LogP contribution < -0.4 is 5.32 Å². The van der Waals surface area contributed by atoms with Gasteiger partial charge in [-0.3, -0.25) is 4.79 Å². The van der Waals surface area contributed by atoms with Crippen LogP contribution in [0.5, 0.6) is 0 Å². The van der Waals surface area contributed by atoms with Gasteiger partial charge < -0.3 is 5.32 Å². The first kappa shape index (κ1) is 20.6. The van der Waals surface area contributed by atoms with Gasteiger partial charge in [0.25, 0.3) is 5.91 Å². The minimum absolute atomic E-state index is 0.0710. The average Bonchev–Trinajstić information content (AvgIpc) is 2.71. The molecule has 0 aromatic heterocycles. The summed E-state index contributed by atoms with van der Waals surface area (Å²) >= 11 is 0. The molecule has 0 spiro atoms. The van der Waals surface area contributed by atoms with Crippen molar-refractivity contribution in [2.45, 2.75) is 70.6 Å². The summed E-state index contributed by atoms with van der Waals surface area (Å²) in [4.78, 5) is 12.4. The highest BCUT2D eigenvalue weighted by Crippen LogP contribution is 2.24. The summed E-state index contributed by atoms with van der Waals surface area (Å²) in [6.07, 6.45) is 14.0. The van der Waals surface area contributed by atoms with E-state index < -0.39 is 0 Å². The molecule has 0 saturated heterocycles. The van der Waals surface area contributed by atoms with Gasteiger partial charge in [0.15, 0.2) is 0 Å². The van der Waals surface area contributed by atoms with E-state index in [1.807, 2.05) is 12.1 Å². The van der Waals surface area contributed by atoms with Crippen molar-refractivity contribution in [3.8, 4) is 0 Å². The standard InChI is InChI=1S/C26H35NO/c28-26(27-21-20-23-12-5-2-1-3-6-13-23)25-18-16-24(17-19-25)15-9-14-22-10-7-4-8-11-22/h4,7-8,10-11,16-19,23H,1-3,5-6,9,12-15,20-21H2,(H,27,28). The van der Waals surface area contributed by atoms with Crippen LogP contribution in [0.4, 0.5) is 0 Å². The van der Waals surface area contributed by atoms with Crippen LogP contribution in [0.3, 0.4) is 0 Å². The van der Waals surface area contributed by atoms with Crippen molar-refractivity contribution in [1.82, 2.24) is 5.32 Å². The van der Waals surface area contributed by atoms with Gasteiger partial charge in [-0.05, 0) is 54.9 Å². The lowest BCUT2D eigenvalue weighted by molar-refractivity contribution is 0.0950. The summed E-state index contributed by atoms with van der Waals surface area (Å²) in [5.41, 5.74) is 3.48. The number of carbonyl (C=O) groups is 1. The molecule has 2 aromatic carbocycles. The van der Waals surface area contributed by atoms with Crippen LogP contribution in [0.1, 0.15) is 79.3 Å². The molecule has 0 unspecified atom stereocenters. The second kappa shape index (κ2) is 11.7. The molecule has 0 aliphatic heterocycles. The summed E-state index contributed by atoms with van der Waals surface area (Å²) in [7, 11) is 0. The van der Waals surface area contributed by atoms with Gasteiger partial charge in [0.05, 0.1) is 0 Å². The van der Waals surface area contributed by atoms with Gasteiger partial charge in [-0.15, -0.1) is 0 Å². The highest BCUT2D eigenvalue weighted by molar-refractivity contribution is 5.94. The van der Waals surface area contributed by atoms with Crippen LogP contribution >= 0.6 is 0 Å². The number of hydrogen-bond donors (Lipinski definition) is 1. The number of aryl methyl sites for hydroxylation is 2. The maximum atomic E-state index is 12.4. The van der Waals surface area contributed by atoms with Crippen molar-refractivity contribution in [2.75, 3.05) is 6.54 Å². The second-order valence-corrected chi connectivity index (χ2v) is 8.29. The SMILES string of the molecule is O=C(NCCC1CCCCCCC1)c1ccc(CCCc2ccccc2)cc1. The monoisotopic (exact) mass is 377 g/mol. The normalized spacial score (nSPS) is 15.6. The Balaban J connectivity index is 1.37. The van der Waals surface area contributed by atoms with E-state index in [0.717, 1.165) is 43.7 Å². The van der Waals surface area contributed by atoms with Crippen LogP contribution in [0.15, 0.2) is 54.6 Å². The summed E-state index contributed by atoms with van der Waals surface area (Å²) in [5.74, 6) is 0.870. The summed E-state index contributed by atoms with van der Waals surface area (Å²) in [5, 5.41) is 3.13. The van der Waals surface area contributed by atoms with Gasteiger partial charge in [-0.25, -0.2) is 0 Å². The zero-order chi connectivity index (χ0) is 19.4. The number of carbonyl (C=O) groups excluding carboxylic acids is 1. The molecule has 2 heteroatoms. The average molecular weight is 378 g/mol. The van der Waals surface area contributed by atoms with Gasteiger partial charge in [0, 0.05) is 12.1 Å². The van der Waals surface area contributed by atoms with Crippen molar-refractivity contribution < 1.29 is 4.79 Å². The van der Waals surface area contributed by atoms with Gasteiger partial charge in [0.2, 0.25) is 0 Å². The van der Waals surface area contributed by atoms with Crippen LogP contribution in [-0.2, 0) is 12.8 Å². The molecule has 1 saturated carbocycles. The third-order valence-corrected chi connectivity index (χ3v) is 6.05. The van der Waals surface area contributed by atoms with Crippen molar-refractivity contribution in [3.05, 3.63) is 71.3 Å². The topological polar surface area (TPSA) is 29.1 Å². The Morgan fingerprint density at radius 2 is 1.39 bits per heavy atom. The molecule has 28 heavy (non-hydrogen) atoms. The lowest BCUT2D eigenvalue weighted by Crippen LogP contribution is -2.26. The fourth-order valence-electron chi connectivity index (χ4n) is 4.29. The molecule has 2 aromatic rings. The number of rotatable bonds is 8. The highest BCUT2D eigenvalue weighted by atomic mass is 16.1. The Bertz CT molecular complexity index is 684. The van der Waals surface area contributed by atoms with Crippen LogP contribution in [0.2, 0.25) is 0 Å². The number of amides is 1. The van der Waals surface area contributed by atoms with Crippen molar-refractivity contribution in [3.63, 3.8) is 0 Å². The first-order valence-electron chi connectivity index (χ1n) is 11.2. The predicted octanol–water partition coefficient (Wildman–Crippen LogP) is 6.34. The second-order valence-electron chi connectivity index (χ2n) is 8.29. The van der Waals surface area contributed by atoms with Crippen molar-refractivity contribution in [2.24, 2.45) is 5.92 Å². The van der Waals surface area contributed by atoms with E-state index in [4.69, 9.17) is 0 Å². The van der Waals surface area contributed by atoms with Gasteiger partial charge in [-0.2, -0.15) is 0 Å². The molecule has 0 bridgehead atoms. The highest BCUT2D eigenvalue weighted by Gasteiger charge is 2.12. The maximum absolute atomic E-state index is 12.4. The molecule has 150 valence electrons. The third-order valence-electron chi connectivity index (χ3n) is 6.05. The zero-order valence-electron chi connectivity index (χ0n) is 17.2. The molecule has 3 rings (SSSR count). The third kappa shape index (κ3) is 7.14. The molecule has 0 heterocycles. The largest absolute Gasteiger partial charge is 0.352 e. The first-order chi connectivity index (χ1) is 13.8. The van der Waals surface area contributed by atoms with Crippen LogP contribution in [0.25, 0.3) is 0 Å². The van der Waals surface area contributed by atoms with Gasteiger partial charge in [-0.1, -0.05) is 87.4 Å². The van der Waals surface area contributed by atoms with E-state index in [-0.39, 0.29) is 5.91 Å².